The summed E-state index contributed by atoms with van der Waals surface area (Å²) < 4.78 is 12.2. The first-order valence-electron chi connectivity index (χ1n) is 7.66. The van der Waals surface area contributed by atoms with Crippen molar-refractivity contribution >= 4 is 23.3 Å². The van der Waals surface area contributed by atoms with Gasteiger partial charge < -0.3 is 9.15 Å². The van der Waals surface area contributed by atoms with Crippen molar-refractivity contribution in [2.24, 2.45) is 0 Å². The Labute approximate surface area is 152 Å². The van der Waals surface area contributed by atoms with Gasteiger partial charge in [-0.15, -0.1) is 5.10 Å². The first-order chi connectivity index (χ1) is 12.6. The zero-order valence-electron chi connectivity index (χ0n) is 13.6. The van der Waals surface area contributed by atoms with Crippen LogP contribution in [-0.4, -0.2) is 30.5 Å². The number of oxazole rings is 1. The largest absolute Gasteiger partial charge is 0.450 e. The average molecular weight is 370 g/mol. The molecule has 0 aliphatic heterocycles. The molecule has 0 atom stereocenters. The average Bonchev–Trinajstić information content (AvgIpc) is 3.28. The van der Waals surface area contributed by atoms with Crippen LogP contribution in [0.3, 0.4) is 0 Å². The van der Waals surface area contributed by atoms with Crippen molar-refractivity contribution in [1.82, 2.24) is 24.6 Å². The van der Waals surface area contributed by atoms with E-state index in [0.717, 1.165) is 11.3 Å². The Bertz CT molecular complexity index is 1090. The van der Waals surface area contributed by atoms with Crippen LogP contribution < -0.4 is 0 Å². The Kier molecular flexibility index (Phi) is 4.10. The molecule has 0 aliphatic carbocycles. The summed E-state index contributed by atoms with van der Waals surface area (Å²) in [5.74, 6) is 0.398. The zero-order chi connectivity index (χ0) is 18.1. The SMILES string of the molecule is Cc1ccnc2nc(C(=O)OCc3ncc(-c4ccc(Cl)cc4)o3)nn12. The number of hydrogen-bond donors (Lipinski definition) is 0. The topological polar surface area (TPSA) is 95.4 Å². The molecular formula is C17H12ClN5O3. The van der Waals surface area contributed by atoms with E-state index in [1.54, 1.807) is 30.6 Å². The van der Waals surface area contributed by atoms with Gasteiger partial charge in [0.05, 0.1) is 6.20 Å². The molecule has 0 N–H and O–H groups in total. The van der Waals surface area contributed by atoms with Crippen LogP contribution in [0, 0.1) is 6.92 Å². The summed E-state index contributed by atoms with van der Waals surface area (Å²) in [5, 5.41) is 4.72. The first kappa shape index (κ1) is 16.2. The normalized spacial score (nSPS) is 11.0. The van der Waals surface area contributed by atoms with E-state index in [0.29, 0.717) is 16.6 Å². The number of aromatic nitrogens is 5. The number of aryl methyl sites for hydroxylation is 1. The lowest BCUT2D eigenvalue weighted by atomic mass is 10.2. The Balaban J connectivity index is 1.46. The third kappa shape index (κ3) is 3.14. The van der Waals surface area contributed by atoms with Gasteiger partial charge in [-0.3, -0.25) is 0 Å². The van der Waals surface area contributed by atoms with E-state index in [2.05, 4.69) is 20.1 Å². The number of ether oxygens (including phenoxy) is 1. The lowest BCUT2D eigenvalue weighted by Gasteiger charge is -1.99. The second-order valence-corrected chi connectivity index (χ2v) is 5.87. The van der Waals surface area contributed by atoms with E-state index >= 15 is 0 Å². The Hall–Kier alpha value is -3.26. The standard InChI is InChI=1S/C17H12ClN5O3/c1-10-6-7-19-17-21-15(22-23(10)17)16(24)25-9-14-20-8-13(26-14)11-2-4-12(18)5-3-11/h2-8H,9H2,1H3. The summed E-state index contributed by atoms with van der Waals surface area (Å²) in [6.45, 7) is 1.71. The molecule has 9 heteroatoms. The summed E-state index contributed by atoms with van der Waals surface area (Å²) in [6.07, 6.45) is 3.16. The maximum absolute atomic E-state index is 12.1. The van der Waals surface area contributed by atoms with Crippen molar-refractivity contribution in [2.75, 3.05) is 0 Å². The van der Waals surface area contributed by atoms with Crippen molar-refractivity contribution in [3.63, 3.8) is 0 Å². The fourth-order valence-electron chi connectivity index (χ4n) is 2.31. The van der Waals surface area contributed by atoms with Crippen molar-refractivity contribution < 1.29 is 13.9 Å². The van der Waals surface area contributed by atoms with Crippen LogP contribution in [0.1, 0.15) is 22.2 Å². The maximum Gasteiger partial charge on any atom is 0.378 e. The molecule has 0 saturated carbocycles. The summed E-state index contributed by atoms with van der Waals surface area (Å²) in [6, 6.07) is 8.90. The monoisotopic (exact) mass is 369 g/mol. The number of benzene rings is 1. The molecule has 0 aliphatic rings. The lowest BCUT2D eigenvalue weighted by Crippen LogP contribution is -2.08. The molecule has 1 aromatic carbocycles. The third-order valence-corrected chi connectivity index (χ3v) is 3.87. The van der Waals surface area contributed by atoms with Gasteiger partial charge in [-0.05, 0) is 37.3 Å². The van der Waals surface area contributed by atoms with Gasteiger partial charge in [0.2, 0.25) is 5.89 Å². The number of carbonyl (C=O) groups is 1. The molecule has 0 spiro atoms. The van der Waals surface area contributed by atoms with Crippen LogP contribution in [0.4, 0.5) is 0 Å². The third-order valence-electron chi connectivity index (χ3n) is 3.62. The maximum atomic E-state index is 12.1. The minimum absolute atomic E-state index is 0.0729. The molecule has 3 aromatic heterocycles. The number of nitrogens with zero attached hydrogens (tertiary/aromatic N) is 5. The second kappa shape index (κ2) is 6.57. The van der Waals surface area contributed by atoms with E-state index in [9.17, 15) is 4.79 Å². The van der Waals surface area contributed by atoms with Crippen molar-refractivity contribution in [2.45, 2.75) is 13.5 Å². The molecule has 0 unspecified atom stereocenters. The number of rotatable bonds is 4. The summed E-state index contributed by atoms with van der Waals surface area (Å²) in [5.41, 5.74) is 1.63. The van der Waals surface area contributed by atoms with Gasteiger partial charge in [0.25, 0.3) is 11.6 Å². The van der Waals surface area contributed by atoms with Gasteiger partial charge in [0.1, 0.15) is 0 Å². The number of halogens is 1. The van der Waals surface area contributed by atoms with Crippen LogP contribution in [0.25, 0.3) is 17.1 Å². The molecule has 3 heterocycles. The molecule has 26 heavy (non-hydrogen) atoms. The van der Waals surface area contributed by atoms with E-state index in [1.165, 1.54) is 4.52 Å². The van der Waals surface area contributed by atoms with Crippen LogP contribution in [0.15, 0.2) is 47.1 Å². The quantitative estimate of drug-likeness (QED) is 0.510. The van der Waals surface area contributed by atoms with Crippen LogP contribution in [-0.2, 0) is 11.3 Å². The number of esters is 1. The molecule has 4 aromatic rings. The number of carbonyl (C=O) groups excluding carboxylic acids is 1. The minimum atomic E-state index is -0.679. The van der Waals surface area contributed by atoms with Crippen LogP contribution >= 0.6 is 11.6 Å². The fourth-order valence-corrected chi connectivity index (χ4v) is 2.44. The van der Waals surface area contributed by atoms with Crippen LogP contribution in [0.5, 0.6) is 0 Å². The molecule has 0 amide bonds. The van der Waals surface area contributed by atoms with Gasteiger partial charge in [-0.2, -0.15) is 4.98 Å². The molecule has 0 bridgehead atoms. The zero-order valence-corrected chi connectivity index (χ0v) is 14.3. The molecule has 130 valence electrons. The highest BCUT2D eigenvalue weighted by molar-refractivity contribution is 6.30. The molecular weight excluding hydrogens is 358 g/mol. The smallest absolute Gasteiger partial charge is 0.378 e. The van der Waals surface area contributed by atoms with Crippen LogP contribution in [0.2, 0.25) is 5.02 Å². The molecule has 0 saturated heterocycles. The predicted octanol–water partition coefficient (Wildman–Crippen LogP) is 3.10. The minimum Gasteiger partial charge on any atom is -0.450 e. The highest BCUT2D eigenvalue weighted by atomic mass is 35.5. The first-order valence-corrected chi connectivity index (χ1v) is 8.04. The van der Waals surface area contributed by atoms with Gasteiger partial charge in [-0.1, -0.05) is 11.6 Å². The lowest BCUT2D eigenvalue weighted by molar-refractivity contribution is 0.0425. The van der Waals surface area contributed by atoms with Crippen molar-refractivity contribution in [1.29, 1.82) is 0 Å². The highest BCUT2D eigenvalue weighted by Gasteiger charge is 2.17. The van der Waals surface area contributed by atoms with E-state index in [4.69, 9.17) is 20.8 Å². The summed E-state index contributed by atoms with van der Waals surface area (Å²) >= 11 is 5.86. The van der Waals surface area contributed by atoms with E-state index in [1.807, 2.05) is 19.1 Å². The highest BCUT2D eigenvalue weighted by Crippen LogP contribution is 2.22. The predicted molar refractivity (Wildman–Crippen MR) is 91.6 cm³/mol. The Morgan fingerprint density at radius 3 is 2.81 bits per heavy atom. The molecule has 4 rings (SSSR count). The van der Waals surface area contributed by atoms with Crippen molar-refractivity contribution in [3.05, 3.63) is 65.2 Å². The van der Waals surface area contributed by atoms with E-state index in [-0.39, 0.29) is 18.3 Å². The number of fused-ring (bicyclic) bond motifs is 1. The number of hydrogen-bond acceptors (Lipinski definition) is 7. The summed E-state index contributed by atoms with van der Waals surface area (Å²) in [7, 11) is 0. The molecule has 0 radical (unpaired) electrons. The van der Waals surface area contributed by atoms with Gasteiger partial charge in [0.15, 0.2) is 12.4 Å². The Morgan fingerprint density at radius 1 is 1.23 bits per heavy atom. The molecule has 8 nitrogen and oxygen atoms in total. The Morgan fingerprint density at radius 2 is 2.04 bits per heavy atom. The van der Waals surface area contributed by atoms with Gasteiger partial charge in [-0.25, -0.2) is 19.3 Å². The van der Waals surface area contributed by atoms with Gasteiger partial charge >= 0.3 is 5.97 Å². The van der Waals surface area contributed by atoms with Crippen molar-refractivity contribution in [3.8, 4) is 11.3 Å². The van der Waals surface area contributed by atoms with E-state index < -0.39 is 5.97 Å². The van der Waals surface area contributed by atoms with Gasteiger partial charge in [0, 0.05) is 22.5 Å². The summed E-state index contributed by atoms with van der Waals surface area (Å²) in [4.78, 5) is 24.3. The second-order valence-electron chi connectivity index (χ2n) is 5.43. The fraction of sp³-hybridized carbons (Fsp3) is 0.118. The molecule has 0 fully saturated rings.